The van der Waals surface area contributed by atoms with Gasteiger partial charge in [0, 0.05) is 31.6 Å². The van der Waals surface area contributed by atoms with Crippen LogP contribution in [-0.2, 0) is 4.79 Å². The molecule has 0 unspecified atom stereocenters. The highest BCUT2D eigenvalue weighted by Gasteiger charge is 2.34. The van der Waals surface area contributed by atoms with E-state index in [4.69, 9.17) is 9.47 Å². The second-order valence-corrected chi connectivity index (χ2v) is 8.93. The van der Waals surface area contributed by atoms with Crippen molar-refractivity contribution in [2.75, 3.05) is 32.8 Å². The van der Waals surface area contributed by atoms with Gasteiger partial charge in [-0.1, -0.05) is 48.5 Å². The lowest BCUT2D eigenvalue weighted by molar-refractivity contribution is -0.142. The van der Waals surface area contributed by atoms with Crippen molar-refractivity contribution in [1.82, 2.24) is 19.6 Å². The zero-order valence-electron chi connectivity index (χ0n) is 19.9. The number of nitrogens with zero attached hydrogens (tertiary/aromatic N) is 4. The Morgan fingerprint density at radius 1 is 0.757 bits per heavy atom. The maximum Gasteiger partial charge on any atom is 0.279 e. The Labute approximate surface area is 212 Å². The summed E-state index contributed by atoms with van der Waals surface area (Å²) in [6, 6.07) is 23.3. The van der Waals surface area contributed by atoms with Crippen LogP contribution in [0.1, 0.15) is 10.5 Å². The van der Waals surface area contributed by atoms with Crippen LogP contribution in [0.4, 0.5) is 0 Å². The summed E-state index contributed by atoms with van der Waals surface area (Å²) in [4.78, 5) is 43.2. The molecule has 9 heteroatoms. The van der Waals surface area contributed by atoms with Gasteiger partial charge in [-0.15, -0.1) is 0 Å². The lowest BCUT2D eigenvalue weighted by Crippen LogP contribution is -2.55. The van der Waals surface area contributed by atoms with Crippen molar-refractivity contribution in [2.45, 2.75) is 6.10 Å². The molecule has 3 heterocycles. The Morgan fingerprint density at radius 3 is 2.14 bits per heavy atom. The fraction of sp³-hybridized carbons (Fsp3) is 0.214. The number of carbonyl (C=O) groups excluding carboxylic acids is 2. The minimum atomic E-state index is -0.725. The molecule has 37 heavy (non-hydrogen) atoms. The standard InChI is InChI=1S/C28H24N4O5/c33-26-21-11-5-4-10-20(21)25(29-32(26)19-8-2-1-3-9-19)28(35)31-16-14-30(15-17-31)27(34)24-18-36-22-12-6-7-13-23(22)37-24/h1-13,24H,14-18H2/t24-/m1/s1. The molecule has 2 amide bonds. The summed E-state index contributed by atoms with van der Waals surface area (Å²) in [6.45, 7) is 1.56. The van der Waals surface area contributed by atoms with E-state index in [1.165, 1.54) is 4.68 Å². The maximum atomic E-state index is 13.6. The predicted molar refractivity (Wildman–Crippen MR) is 136 cm³/mol. The van der Waals surface area contributed by atoms with Crippen LogP contribution in [0, 0.1) is 0 Å². The van der Waals surface area contributed by atoms with E-state index in [9.17, 15) is 14.4 Å². The van der Waals surface area contributed by atoms with Gasteiger partial charge in [0.1, 0.15) is 6.61 Å². The van der Waals surface area contributed by atoms with Crippen LogP contribution >= 0.6 is 0 Å². The third kappa shape index (κ3) is 4.18. The van der Waals surface area contributed by atoms with Gasteiger partial charge in [-0.25, -0.2) is 0 Å². The zero-order valence-corrected chi connectivity index (χ0v) is 19.9. The minimum absolute atomic E-state index is 0.145. The third-order valence-corrected chi connectivity index (χ3v) is 6.67. The molecule has 6 rings (SSSR count). The van der Waals surface area contributed by atoms with Gasteiger partial charge in [0.2, 0.25) is 6.10 Å². The summed E-state index contributed by atoms with van der Waals surface area (Å²) in [5, 5.41) is 5.42. The Balaban J connectivity index is 1.21. The van der Waals surface area contributed by atoms with Gasteiger partial charge in [-0.05, 0) is 30.3 Å². The second kappa shape index (κ2) is 9.42. The largest absolute Gasteiger partial charge is 0.485 e. The van der Waals surface area contributed by atoms with Crippen LogP contribution in [-0.4, -0.2) is 70.3 Å². The number of aromatic nitrogens is 2. The van der Waals surface area contributed by atoms with E-state index in [1.807, 2.05) is 30.3 Å². The number of benzene rings is 3. The predicted octanol–water partition coefficient (Wildman–Crippen LogP) is 2.51. The summed E-state index contributed by atoms with van der Waals surface area (Å²) in [5.74, 6) is 0.730. The molecule has 0 saturated carbocycles. The zero-order chi connectivity index (χ0) is 25.4. The smallest absolute Gasteiger partial charge is 0.279 e. The first-order chi connectivity index (χ1) is 18.1. The summed E-state index contributed by atoms with van der Waals surface area (Å²) < 4.78 is 12.8. The Bertz CT molecular complexity index is 1540. The number of para-hydroxylation sites is 3. The summed E-state index contributed by atoms with van der Waals surface area (Å²) >= 11 is 0. The van der Waals surface area contributed by atoms with Gasteiger partial charge >= 0.3 is 0 Å². The fourth-order valence-electron chi connectivity index (χ4n) is 4.72. The van der Waals surface area contributed by atoms with Gasteiger partial charge in [0.25, 0.3) is 17.4 Å². The Morgan fingerprint density at radius 2 is 1.38 bits per heavy atom. The van der Waals surface area contributed by atoms with Crippen LogP contribution in [0.5, 0.6) is 11.5 Å². The molecule has 1 aromatic heterocycles. The van der Waals surface area contributed by atoms with Crippen molar-refractivity contribution in [3.63, 3.8) is 0 Å². The fourth-order valence-corrected chi connectivity index (χ4v) is 4.72. The van der Waals surface area contributed by atoms with Crippen molar-refractivity contribution < 1.29 is 19.1 Å². The van der Waals surface area contributed by atoms with Crippen LogP contribution < -0.4 is 15.0 Å². The van der Waals surface area contributed by atoms with E-state index in [-0.39, 0.29) is 29.7 Å². The molecule has 1 atom stereocenters. The average Bonchev–Trinajstić information content (AvgIpc) is 2.97. The molecule has 3 aromatic carbocycles. The minimum Gasteiger partial charge on any atom is -0.485 e. The van der Waals surface area contributed by atoms with Crippen molar-refractivity contribution in [3.8, 4) is 17.2 Å². The second-order valence-electron chi connectivity index (χ2n) is 8.93. The summed E-state index contributed by atoms with van der Waals surface area (Å²) in [6.07, 6.45) is -0.725. The lowest BCUT2D eigenvalue weighted by atomic mass is 10.1. The normalized spacial score (nSPS) is 17.0. The highest BCUT2D eigenvalue weighted by Crippen LogP contribution is 2.31. The highest BCUT2D eigenvalue weighted by atomic mass is 16.6. The molecular weight excluding hydrogens is 472 g/mol. The summed E-state index contributed by atoms with van der Waals surface area (Å²) in [7, 11) is 0. The topological polar surface area (TPSA) is 94.0 Å². The molecule has 1 fully saturated rings. The molecule has 0 bridgehead atoms. The van der Waals surface area contributed by atoms with E-state index in [0.717, 1.165) is 0 Å². The average molecular weight is 497 g/mol. The first-order valence-corrected chi connectivity index (χ1v) is 12.1. The molecule has 0 spiro atoms. The van der Waals surface area contributed by atoms with Crippen LogP contribution in [0.25, 0.3) is 16.5 Å². The Kier molecular flexibility index (Phi) is 5.80. The number of rotatable bonds is 3. The number of hydrogen-bond donors (Lipinski definition) is 0. The Hall–Kier alpha value is -4.66. The molecule has 4 aromatic rings. The van der Waals surface area contributed by atoms with Gasteiger partial charge in [0.15, 0.2) is 17.2 Å². The molecular formula is C28H24N4O5. The monoisotopic (exact) mass is 496 g/mol. The van der Waals surface area contributed by atoms with Crippen LogP contribution in [0.3, 0.4) is 0 Å². The molecule has 0 N–H and O–H groups in total. The highest BCUT2D eigenvalue weighted by molar-refractivity contribution is 6.05. The molecule has 186 valence electrons. The van der Waals surface area contributed by atoms with Gasteiger partial charge < -0.3 is 19.3 Å². The van der Waals surface area contributed by atoms with Crippen LogP contribution in [0.2, 0.25) is 0 Å². The van der Waals surface area contributed by atoms with Crippen LogP contribution in [0.15, 0.2) is 83.7 Å². The number of fused-ring (bicyclic) bond motifs is 2. The molecule has 1 saturated heterocycles. The van der Waals surface area contributed by atoms with Crippen molar-refractivity contribution in [2.24, 2.45) is 0 Å². The van der Waals surface area contributed by atoms with Crippen molar-refractivity contribution in [1.29, 1.82) is 0 Å². The SMILES string of the molecule is O=C(c1nn(-c2ccccc2)c(=O)c2ccccc12)N1CCN(C(=O)[C@H]2COc3ccccc3O2)CC1. The van der Waals surface area contributed by atoms with E-state index >= 15 is 0 Å². The summed E-state index contributed by atoms with van der Waals surface area (Å²) in [5.41, 5.74) is 0.503. The molecule has 0 aliphatic carbocycles. The van der Waals surface area contributed by atoms with Gasteiger partial charge in [0.05, 0.1) is 11.1 Å². The number of carbonyl (C=O) groups is 2. The van der Waals surface area contributed by atoms with Gasteiger partial charge in [-0.3, -0.25) is 14.4 Å². The van der Waals surface area contributed by atoms with Crippen molar-refractivity contribution >= 4 is 22.6 Å². The van der Waals surface area contributed by atoms with E-state index in [2.05, 4.69) is 5.10 Å². The van der Waals surface area contributed by atoms with E-state index in [0.29, 0.717) is 54.1 Å². The van der Waals surface area contributed by atoms with E-state index < -0.39 is 6.10 Å². The lowest BCUT2D eigenvalue weighted by Gasteiger charge is -2.37. The number of hydrogen-bond acceptors (Lipinski definition) is 6. The number of amides is 2. The quantitative estimate of drug-likeness (QED) is 0.433. The molecule has 2 aliphatic heterocycles. The van der Waals surface area contributed by atoms with E-state index in [1.54, 1.807) is 58.3 Å². The molecule has 0 radical (unpaired) electrons. The molecule has 9 nitrogen and oxygen atoms in total. The third-order valence-electron chi connectivity index (χ3n) is 6.67. The number of piperazine rings is 1. The molecule has 2 aliphatic rings. The maximum absolute atomic E-state index is 13.6. The first kappa shape index (κ1) is 22.8. The number of ether oxygens (including phenoxy) is 2. The first-order valence-electron chi connectivity index (χ1n) is 12.1. The van der Waals surface area contributed by atoms with Crippen molar-refractivity contribution in [3.05, 3.63) is 94.9 Å². The van der Waals surface area contributed by atoms with Gasteiger partial charge in [-0.2, -0.15) is 9.78 Å².